The summed E-state index contributed by atoms with van der Waals surface area (Å²) < 4.78 is 5.58. The molecule has 148 valence electrons. The molecule has 6 heteroatoms. The van der Waals surface area contributed by atoms with Gasteiger partial charge in [0.15, 0.2) is 0 Å². The van der Waals surface area contributed by atoms with Gasteiger partial charge in [0.1, 0.15) is 6.10 Å². The molecule has 0 saturated carbocycles. The Morgan fingerprint density at radius 1 is 1.18 bits per heavy atom. The molecule has 0 radical (unpaired) electrons. The van der Waals surface area contributed by atoms with Crippen LogP contribution < -0.4 is 4.90 Å². The molecule has 0 N–H and O–H groups in total. The third-order valence-corrected chi connectivity index (χ3v) is 5.60. The Morgan fingerprint density at radius 2 is 1.96 bits per heavy atom. The van der Waals surface area contributed by atoms with Crippen LogP contribution in [0.3, 0.4) is 0 Å². The molecule has 4 rings (SSSR count). The van der Waals surface area contributed by atoms with Gasteiger partial charge in [0.25, 0.3) is 5.91 Å². The van der Waals surface area contributed by atoms with Crippen molar-refractivity contribution in [2.45, 2.75) is 38.2 Å². The zero-order chi connectivity index (χ0) is 19.7. The fourth-order valence-electron chi connectivity index (χ4n) is 3.91. The number of hydrogen-bond donors (Lipinski definition) is 0. The Morgan fingerprint density at radius 3 is 2.64 bits per heavy atom. The molecule has 2 aliphatic rings. The van der Waals surface area contributed by atoms with Gasteiger partial charge in [-0.25, -0.2) is 9.97 Å². The van der Waals surface area contributed by atoms with Crippen molar-refractivity contribution < 1.29 is 9.53 Å². The molecule has 2 atom stereocenters. The first kappa shape index (κ1) is 18.9. The number of aromatic nitrogens is 2. The van der Waals surface area contributed by atoms with Crippen molar-refractivity contribution in [1.29, 1.82) is 0 Å². The maximum absolute atomic E-state index is 12.7. The summed E-state index contributed by atoms with van der Waals surface area (Å²) >= 11 is 0. The number of ether oxygens (including phenoxy) is 1. The van der Waals surface area contributed by atoms with Gasteiger partial charge in [-0.1, -0.05) is 29.8 Å². The monoisotopic (exact) mass is 380 g/mol. The van der Waals surface area contributed by atoms with Gasteiger partial charge >= 0.3 is 0 Å². The molecular weight excluding hydrogens is 352 g/mol. The van der Waals surface area contributed by atoms with Crippen LogP contribution in [0, 0.1) is 6.92 Å². The summed E-state index contributed by atoms with van der Waals surface area (Å²) in [7, 11) is 3.92. The van der Waals surface area contributed by atoms with Gasteiger partial charge in [0, 0.05) is 45.3 Å². The third-order valence-electron chi connectivity index (χ3n) is 5.60. The smallest absolute Gasteiger partial charge is 0.251 e. The second-order valence-corrected chi connectivity index (χ2v) is 8.01. The highest BCUT2D eigenvalue weighted by atomic mass is 16.5. The van der Waals surface area contributed by atoms with E-state index >= 15 is 0 Å². The molecule has 0 unspecified atom stereocenters. The summed E-state index contributed by atoms with van der Waals surface area (Å²) in [4.78, 5) is 26.1. The number of carbonyl (C=O) groups is 1. The van der Waals surface area contributed by atoms with Crippen molar-refractivity contribution in [3.05, 3.63) is 41.6 Å². The molecule has 1 aromatic carbocycles. The van der Waals surface area contributed by atoms with Crippen LogP contribution in [-0.4, -0.2) is 60.7 Å². The summed E-state index contributed by atoms with van der Waals surface area (Å²) in [5.41, 5.74) is 4.25. The Labute approximate surface area is 166 Å². The number of amides is 1. The number of likely N-dealkylation sites (tertiary alicyclic amines) is 1. The minimum Gasteiger partial charge on any atom is -0.368 e. The molecule has 2 fully saturated rings. The predicted molar refractivity (Wildman–Crippen MR) is 109 cm³/mol. The van der Waals surface area contributed by atoms with Crippen molar-refractivity contribution in [1.82, 2.24) is 14.9 Å². The average Bonchev–Trinajstić information content (AvgIpc) is 3.40. The molecule has 2 aliphatic heterocycles. The van der Waals surface area contributed by atoms with E-state index in [1.807, 2.05) is 23.9 Å². The van der Waals surface area contributed by atoms with Crippen molar-refractivity contribution in [2.75, 3.05) is 38.7 Å². The zero-order valence-electron chi connectivity index (χ0n) is 16.9. The Bertz CT molecular complexity index is 844. The molecule has 1 aromatic heterocycles. The first-order valence-corrected chi connectivity index (χ1v) is 10.0. The standard InChI is InChI=1S/C22H28N4O2/c1-15-6-8-16(9-7-15)18-13-19(24-22(23-18)25(2)3)17-10-11-26(14-17)21(27)20-5-4-12-28-20/h6-9,13,17,20H,4-5,10-12,14H2,1-3H3/t17-,20-/m0/s1. The van der Waals surface area contributed by atoms with Gasteiger partial charge in [-0.05, 0) is 32.3 Å². The Kier molecular flexibility index (Phi) is 5.31. The molecule has 0 bridgehead atoms. The predicted octanol–water partition coefficient (Wildman–Crippen LogP) is 3.01. The lowest BCUT2D eigenvalue weighted by molar-refractivity contribution is -0.139. The van der Waals surface area contributed by atoms with Gasteiger partial charge in [-0.15, -0.1) is 0 Å². The fourth-order valence-corrected chi connectivity index (χ4v) is 3.91. The summed E-state index contributed by atoms with van der Waals surface area (Å²) in [5, 5.41) is 0. The van der Waals surface area contributed by atoms with Crippen molar-refractivity contribution in [3.63, 3.8) is 0 Å². The third kappa shape index (κ3) is 3.87. The van der Waals surface area contributed by atoms with Crippen LogP contribution in [0.5, 0.6) is 0 Å². The molecular formula is C22H28N4O2. The molecule has 28 heavy (non-hydrogen) atoms. The van der Waals surface area contributed by atoms with Crippen LogP contribution in [0.2, 0.25) is 0 Å². The number of carbonyl (C=O) groups excluding carboxylic acids is 1. The van der Waals surface area contributed by atoms with Crippen molar-refractivity contribution >= 4 is 11.9 Å². The van der Waals surface area contributed by atoms with E-state index in [-0.39, 0.29) is 17.9 Å². The highest BCUT2D eigenvalue weighted by Crippen LogP contribution is 2.31. The second-order valence-electron chi connectivity index (χ2n) is 8.01. The summed E-state index contributed by atoms with van der Waals surface area (Å²) in [6, 6.07) is 10.5. The van der Waals surface area contributed by atoms with E-state index in [2.05, 4.69) is 37.3 Å². The van der Waals surface area contributed by atoms with E-state index in [1.165, 1.54) is 5.56 Å². The average molecular weight is 380 g/mol. The molecule has 1 amide bonds. The molecule has 6 nitrogen and oxygen atoms in total. The fraction of sp³-hybridized carbons (Fsp3) is 0.500. The SMILES string of the molecule is Cc1ccc(-c2cc([C@H]3CCN(C(=O)[C@@H]4CCCO4)C3)nc(N(C)C)n2)cc1. The first-order chi connectivity index (χ1) is 13.5. The van der Waals surface area contributed by atoms with Crippen LogP contribution in [-0.2, 0) is 9.53 Å². The molecule has 3 heterocycles. The van der Waals surface area contributed by atoms with E-state index in [1.54, 1.807) is 0 Å². The molecule has 0 spiro atoms. The number of hydrogen-bond acceptors (Lipinski definition) is 5. The number of rotatable bonds is 4. The van der Waals surface area contributed by atoms with E-state index < -0.39 is 0 Å². The highest BCUT2D eigenvalue weighted by molar-refractivity contribution is 5.81. The Hall–Kier alpha value is -2.47. The second kappa shape index (κ2) is 7.87. The van der Waals surface area contributed by atoms with E-state index in [4.69, 9.17) is 14.7 Å². The Balaban J connectivity index is 1.58. The zero-order valence-corrected chi connectivity index (χ0v) is 16.9. The van der Waals surface area contributed by atoms with Crippen LogP contribution in [0.15, 0.2) is 30.3 Å². The quantitative estimate of drug-likeness (QED) is 0.816. The van der Waals surface area contributed by atoms with E-state index in [9.17, 15) is 4.79 Å². The summed E-state index contributed by atoms with van der Waals surface area (Å²) in [6.45, 7) is 4.25. The van der Waals surface area contributed by atoms with Gasteiger partial charge < -0.3 is 14.5 Å². The van der Waals surface area contributed by atoms with Gasteiger partial charge in [0.2, 0.25) is 5.95 Å². The van der Waals surface area contributed by atoms with Gasteiger partial charge in [-0.2, -0.15) is 0 Å². The summed E-state index contributed by atoms with van der Waals surface area (Å²) in [5.74, 6) is 1.08. The maximum atomic E-state index is 12.7. The van der Waals surface area contributed by atoms with Crippen molar-refractivity contribution in [3.8, 4) is 11.3 Å². The topological polar surface area (TPSA) is 58.6 Å². The number of benzene rings is 1. The largest absolute Gasteiger partial charge is 0.368 e. The molecule has 2 aromatic rings. The molecule has 0 aliphatic carbocycles. The number of aryl methyl sites for hydroxylation is 1. The summed E-state index contributed by atoms with van der Waals surface area (Å²) in [6.07, 6.45) is 2.50. The van der Waals surface area contributed by atoms with Gasteiger partial charge in [-0.3, -0.25) is 4.79 Å². The normalized spacial score (nSPS) is 21.9. The van der Waals surface area contributed by atoms with Crippen LogP contribution in [0.25, 0.3) is 11.3 Å². The van der Waals surface area contributed by atoms with Crippen LogP contribution in [0.1, 0.15) is 36.4 Å². The highest BCUT2D eigenvalue weighted by Gasteiger charge is 2.34. The van der Waals surface area contributed by atoms with Crippen LogP contribution in [0.4, 0.5) is 5.95 Å². The first-order valence-electron chi connectivity index (χ1n) is 10.0. The lowest BCUT2D eigenvalue weighted by atomic mass is 10.0. The minimum absolute atomic E-state index is 0.139. The lowest BCUT2D eigenvalue weighted by Crippen LogP contribution is -2.37. The van der Waals surface area contributed by atoms with E-state index in [0.717, 1.165) is 42.8 Å². The number of nitrogens with zero attached hydrogens (tertiary/aromatic N) is 4. The molecule has 2 saturated heterocycles. The van der Waals surface area contributed by atoms with Crippen molar-refractivity contribution in [2.24, 2.45) is 0 Å². The maximum Gasteiger partial charge on any atom is 0.251 e. The lowest BCUT2D eigenvalue weighted by Gasteiger charge is -2.20. The van der Waals surface area contributed by atoms with Crippen LogP contribution >= 0.6 is 0 Å². The van der Waals surface area contributed by atoms with Gasteiger partial charge in [0.05, 0.1) is 11.4 Å². The number of anilines is 1. The minimum atomic E-state index is -0.246. The van der Waals surface area contributed by atoms with E-state index in [0.29, 0.717) is 19.1 Å².